The Balaban J connectivity index is 2.13. The van der Waals surface area contributed by atoms with Gasteiger partial charge in [-0.15, -0.1) is 0 Å². The number of nitrogens with zero attached hydrogens (tertiary/aromatic N) is 1. The highest BCUT2D eigenvalue weighted by atomic mass is 19.2. The second kappa shape index (κ2) is 6.09. The summed E-state index contributed by atoms with van der Waals surface area (Å²) in [6, 6.07) is 1.43. The van der Waals surface area contributed by atoms with Crippen LogP contribution in [0.4, 0.5) is 13.2 Å². The maximum Gasteiger partial charge on any atom is 0.254 e. The highest BCUT2D eigenvalue weighted by Crippen LogP contribution is 2.18. The number of methoxy groups -OCH3 is 1. The summed E-state index contributed by atoms with van der Waals surface area (Å²) in [6.07, 6.45) is 2.49. The minimum atomic E-state index is -1.57. The number of benzene rings is 1. The van der Waals surface area contributed by atoms with Crippen LogP contribution in [0.5, 0.6) is 0 Å². The van der Waals surface area contributed by atoms with Gasteiger partial charge in [-0.1, -0.05) is 6.08 Å². The van der Waals surface area contributed by atoms with Crippen LogP contribution in [0, 0.1) is 17.5 Å². The van der Waals surface area contributed by atoms with Gasteiger partial charge in [-0.05, 0) is 24.1 Å². The van der Waals surface area contributed by atoms with Crippen molar-refractivity contribution >= 4 is 5.91 Å². The summed E-state index contributed by atoms with van der Waals surface area (Å²) in [5.74, 6) is -4.81. The summed E-state index contributed by atoms with van der Waals surface area (Å²) in [4.78, 5) is 13.5. The molecule has 0 unspecified atom stereocenters. The largest absolute Gasteiger partial charge is 0.380 e. The zero-order valence-electron chi connectivity index (χ0n) is 11.0. The van der Waals surface area contributed by atoms with E-state index in [1.807, 2.05) is 6.08 Å². The number of rotatable bonds is 3. The van der Waals surface area contributed by atoms with Crippen LogP contribution in [-0.2, 0) is 4.74 Å². The predicted octanol–water partition coefficient (Wildman–Crippen LogP) is 2.52. The molecule has 3 nitrogen and oxygen atoms in total. The molecule has 0 atom stereocenters. The third kappa shape index (κ3) is 3.01. The molecular formula is C14H14F3NO2. The van der Waals surface area contributed by atoms with Crippen LogP contribution in [0.15, 0.2) is 23.8 Å². The number of hydrogen-bond donors (Lipinski definition) is 0. The van der Waals surface area contributed by atoms with E-state index in [1.165, 1.54) is 4.90 Å². The molecule has 0 N–H and O–H groups in total. The Labute approximate surface area is 114 Å². The Morgan fingerprint density at radius 2 is 1.95 bits per heavy atom. The lowest BCUT2D eigenvalue weighted by Crippen LogP contribution is -2.35. The van der Waals surface area contributed by atoms with Crippen molar-refractivity contribution in [3.8, 4) is 0 Å². The molecule has 108 valence electrons. The zero-order chi connectivity index (χ0) is 14.7. The smallest absolute Gasteiger partial charge is 0.254 e. The molecule has 2 rings (SSSR count). The SMILES string of the molecule is COCC1=CCN(C(=O)c2cc(F)c(F)c(F)c2)CC1. The van der Waals surface area contributed by atoms with Gasteiger partial charge in [0.05, 0.1) is 6.61 Å². The standard InChI is InChI=1S/C14H14F3NO2/c1-20-8-9-2-4-18(5-3-9)14(19)10-6-11(15)13(17)12(16)7-10/h2,6-7H,3-5,8H2,1H3. The molecule has 1 aliphatic rings. The highest BCUT2D eigenvalue weighted by Gasteiger charge is 2.21. The van der Waals surface area contributed by atoms with Crippen LogP contribution >= 0.6 is 0 Å². The van der Waals surface area contributed by atoms with Crippen LogP contribution in [0.2, 0.25) is 0 Å². The first-order valence-corrected chi connectivity index (χ1v) is 6.13. The maximum absolute atomic E-state index is 13.1. The van der Waals surface area contributed by atoms with Crippen molar-refractivity contribution < 1.29 is 22.7 Å². The molecule has 1 amide bonds. The summed E-state index contributed by atoms with van der Waals surface area (Å²) < 4.78 is 44.1. The van der Waals surface area contributed by atoms with Crippen molar-refractivity contribution in [3.05, 3.63) is 46.8 Å². The Morgan fingerprint density at radius 3 is 2.45 bits per heavy atom. The molecule has 0 fully saturated rings. The maximum atomic E-state index is 13.1. The fourth-order valence-electron chi connectivity index (χ4n) is 2.07. The molecule has 6 heteroatoms. The van der Waals surface area contributed by atoms with E-state index < -0.39 is 23.4 Å². The highest BCUT2D eigenvalue weighted by molar-refractivity contribution is 5.94. The van der Waals surface area contributed by atoms with Crippen LogP contribution in [-0.4, -0.2) is 37.6 Å². The molecule has 0 bridgehead atoms. The van der Waals surface area contributed by atoms with Gasteiger partial charge in [0.15, 0.2) is 17.5 Å². The molecule has 0 radical (unpaired) electrons. The average molecular weight is 285 g/mol. The molecule has 0 aliphatic carbocycles. The predicted molar refractivity (Wildman–Crippen MR) is 66.8 cm³/mol. The van der Waals surface area contributed by atoms with E-state index in [1.54, 1.807) is 7.11 Å². The van der Waals surface area contributed by atoms with Crippen LogP contribution in [0.3, 0.4) is 0 Å². The van der Waals surface area contributed by atoms with Crippen molar-refractivity contribution in [1.29, 1.82) is 0 Å². The molecule has 0 saturated heterocycles. The molecule has 20 heavy (non-hydrogen) atoms. The fraction of sp³-hybridized carbons (Fsp3) is 0.357. The Kier molecular flexibility index (Phi) is 4.44. The van der Waals surface area contributed by atoms with E-state index in [4.69, 9.17) is 4.74 Å². The van der Waals surface area contributed by atoms with Gasteiger partial charge in [0.1, 0.15) is 0 Å². The number of amides is 1. The van der Waals surface area contributed by atoms with Crippen molar-refractivity contribution in [2.45, 2.75) is 6.42 Å². The summed E-state index contributed by atoms with van der Waals surface area (Å²) in [5.41, 5.74) is 0.887. The van der Waals surface area contributed by atoms with E-state index in [-0.39, 0.29) is 5.56 Å². The second-order valence-electron chi connectivity index (χ2n) is 4.55. The minimum Gasteiger partial charge on any atom is -0.380 e. The van der Waals surface area contributed by atoms with Gasteiger partial charge in [0.25, 0.3) is 5.91 Å². The van der Waals surface area contributed by atoms with E-state index in [0.717, 1.165) is 17.7 Å². The molecule has 0 saturated carbocycles. The van der Waals surface area contributed by atoms with Crippen LogP contribution in [0.25, 0.3) is 0 Å². The summed E-state index contributed by atoms with van der Waals surface area (Å²) in [5, 5.41) is 0. The van der Waals surface area contributed by atoms with Crippen molar-refractivity contribution in [3.63, 3.8) is 0 Å². The van der Waals surface area contributed by atoms with Crippen molar-refractivity contribution in [2.24, 2.45) is 0 Å². The quantitative estimate of drug-likeness (QED) is 0.631. The van der Waals surface area contributed by atoms with Gasteiger partial charge < -0.3 is 9.64 Å². The normalized spacial score (nSPS) is 15.2. The van der Waals surface area contributed by atoms with Crippen molar-refractivity contribution in [2.75, 3.05) is 26.8 Å². The minimum absolute atomic E-state index is 0.190. The summed E-state index contributed by atoms with van der Waals surface area (Å²) >= 11 is 0. The number of ether oxygens (including phenoxy) is 1. The Morgan fingerprint density at radius 1 is 1.30 bits per heavy atom. The zero-order valence-corrected chi connectivity index (χ0v) is 11.0. The lowest BCUT2D eigenvalue weighted by molar-refractivity contribution is 0.0763. The van der Waals surface area contributed by atoms with Gasteiger partial charge >= 0.3 is 0 Å². The molecule has 1 aromatic rings. The molecule has 1 aromatic carbocycles. The van der Waals surface area contributed by atoms with E-state index >= 15 is 0 Å². The molecule has 0 aromatic heterocycles. The first kappa shape index (κ1) is 14.6. The number of halogens is 3. The second-order valence-corrected chi connectivity index (χ2v) is 4.55. The van der Waals surface area contributed by atoms with Gasteiger partial charge in [0, 0.05) is 25.8 Å². The van der Waals surface area contributed by atoms with Gasteiger partial charge in [-0.25, -0.2) is 13.2 Å². The topological polar surface area (TPSA) is 29.5 Å². The first-order valence-electron chi connectivity index (χ1n) is 6.13. The lowest BCUT2D eigenvalue weighted by atomic mass is 10.1. The molecule has 1 aliphatic heterocycles. The average Bonchev–Trinajstić information content (AvgIpc) is 2.44. The Hall–Kier alpha value is -1.82. The molecule has 0 spiro atoms. The van der Waals surface area contributed by atoms with E-state index in [9.17, 15) is 18.0 Å². The third-order valence-electron chi connectivity index (χ3n) is 3.15. The number of carbonyl (C=O) groups excluding carboxylic acids is 1. The first-order chi connectivity index (χ1) is 9.52. The Bertz CT molecular complexity index is 534. The number of hydrogen-bond acceptors (Lipinski definition) is 2. The van der Waals surface area contributed by atoms with E-state index in [0.29, 0.717) is 26.1 Å². The summed E-state index contributed by atoms with van der Waals surface area (Å²) in [6.45, 7) is 1.29. The van der Waals surface area contributed by atoms with Crippen molar-refractivity contribution in [1.82, 2.24) is 4.90 Å². The summed E-state index contributed by atoms with van der Waals surface area (Å²) in [7, 11) is 1.59. The van der Waals surface area contributed by atoms with Gasteiger partial charge in [-0.2, -0.15) is 0 Å². The van der Waals surface area contributed by atoms with Crippen LogP contribution < -0.4 is 0 Å². The fourth-order valence-corrected chi connectivity index (χ4v) is 2.07. The number of carbonyl (C=O) groups is 1. The lowest BCUT2D eigenvalue weighted by Gasteiger charge is -2.26. The van der Waals surface area contributed by atoms with E-state index in [2.05, 4.69) is 0 Å². The van der Waals surface area contributed by atoms with Gasteiger partial charge in [-0.3, -0.25) is 4.79 Å². The monoisotopic (exact) mass is 285 g/mol. The third-order valence-corrected chi connectivity index (χ3v) is 3.15. The molecular weight excluding hydrogens is 271 g/mol. The van der Waals surface area contributed by atoms with Gasteiger partial charge in [0.2, 0.25) is 0 Å². The van der Waals surface area contributed by atoms with Crippen LogP contribution in [0.1, 0.15) is 16.8 Å². The molecule has 1 heterocycles.